The zero-order valence-corrected chi connectivity index (χ0v) is 23.4. The van der Waals surface area contributed by atoms with Crippen LogP contribution in [0, 0.1) is 5.82 Å². The molecule has 0 bridgehead atoms. The van der Waals surface area contributed by atoms with Crippen molar-refractivity contribution in [1.82, 2.24) is 9.80 Å². The maximum atomic E-state index is 16.8. The molecule has 1 aliphatic heterocycles. The van der Waals surface area contributed by atoms with Crippen molar-refractivity contribution in [2.45, 2.75) is 49.1 Å². The second-order valence-electron chi connectivity index (χ2n) is 9.73. The number of likely N-dealkylation sites (tertiary alicyclic amines) is 1. The Morgan fingerprint density at radius 2 is 1.79 bits per heavy atom. The number of alkyl halides is 4. The summed E-state index contributed by atoms with van der Waals surface area (Å²) in [5, 5.41) is -0.510. The summed E-state index contributed by atoms with van der Waals surface area (Å²) in [6, 6.07) is 6.10. The molecular weight excluding hydrogens is 588 g/mol. The van der Waals surface area contributed by atoms with Crippen molar-refractivity contribution in [3.05, 3.63) is 69.0 Å². The fourth-order valence-electron chi connectivity index (χ4n) is 4.63. The number of halogens is 7. The van der Waals surface area contributed by atoms with E-state index in [2.05, 4.69) is 0 Å². The molecule has 3 unspecified atom stereocenters. The summed E-state index contributed by atoms with van der Waals surface area (Å²) in [7, 11) is -2.09. The number of piperidine rings is 1. The second-order valence-corrected chi connectivity index (χ2v) is 12.9. The predicted octanol–water partition coefficient (Wildman–Crippen LogP) is 5.16. The van der Waals surface area contributed by atoms with Crippen LogP contribution in [0.4, 0.5) is 22.0 Å². The molecule has 1 saturated heterocycles. The summed E-state index contributed by atoms with van der Waals surface area (Å²) < 4.78 is 93.8. The number of carbonyl (C=O) groups is 1. The van der Waals surface area contributed by atoms with Crippen molar-refractivity contribution < 1.29 is 35.2 Å². The molecule has 2 aromatic rings. The van der Waals surface area contributed by atoms with E-state index in [1.165, 1.54) is 25.2 Å². The van der Waals surface area contributed by atoms with Gasteiger partial charge in [0.1, 0.15) is 15.7 Å². The van der Waals surface area contributed by atoms with Crippen LogP contribution >= 0.6 is 23.2 Å². The number of benzene rings is 2. The van der Waals surface area contributed by atoms with Gasteiger partial charge in [-0.15, -0.1) is 0 Å². The number of likely N-dealkylation sites (N-methyl/N-ethyl adjacent to an activating group) is 1. The molecule has 3 rings (SSSR count). The molecule has 0 spiro atoms. The van der Waals surface area contributed by atoms with Crippen molar-refractivity contribution in [3.63, 3.8) is 0 Å². The number of nitrogens with zero attached hydrogens (tertiary/aromatic N) is 2. The van der Waals surface area contributed by atoms with E-state index in [-0.39, 0.29) is 40.7 Å². The van der Waals surface area contributed by atoms with Crippen molar-refractivity contribution in [2.75, 3.05) is 26.4 Å². The molecule has 14 heteroatoms. The Labute approximate surface area is 233 Å². The van der Waals surface area contributed by atoms with Crippen LogP contribution in [-0.2, 0) is 33.0 Å². The Morgan fingerprint density at radius 1 is 1.13 bits per heavy atom. The fourth-order valence-corrected chi connectivity index (χ4v) is 6.01. The highest BCUT2D eigenvalue weighted by molar-refractivity contribution is 7.91. The lowest BCUT2D eigenvalue weighted by molar-refractivity contribution is -0.145. The number of amides is 1. The molecular formula is C25H28Cl2F5N3O3S. The number of hydrogen-bond acceptors (Lipinski definition) is 5. The highest BCUT2D eigenvalue weighted by atomic mass is 35.5. The van der Waals surface area contributed by atoms with E-state index < -0.39 is 63.4 Å². The van der Waals surface area contributed by atoms with Gasteiger partial charge in [0, 0.05) is 44.9 Å². The van der Waals surface area contributed by atoms with E-state index in [0.717, 1.165) is 17.2 Å². The predicted molar refractivity (Wildman–Crippen MR) is 139 cm³/mol. The first-order valence-electron chi connectivity index (χ1n) is 11.9. The summed E-state index contributed by atoms with van der Waals surface area (Å²) in [5.74, 6) is -2.54. The number of carbonyl (C=O) groups excluding carboxylic acids is 1. The summed E-state index contributed by atoms with van der Waals surface area (Å²) in [5.41, 5.74) is 1.80. The molecule has 1 amide bonds. The average Bonchev–Trinajstić information content (AvgIpc) is 2.84. The minimum absolute atomic E-state index is 0.00864. The van der Waals surface area contributed by atoms with Gasteiger partial charge in [0.2, 0.25) is 5.67 Å². The Hall–Kier alpha value is -1.99. The van der Waals surface area contributed by atoms with Gasteiger partial charge >= 0.3 is 6.18 Å². The molecule has 3 atom stereocenters. The summed E-state index contributed by atoms with van der Waals surface area (Å²) in [6.07, 6.45) is -4.49. The zero-order chi connectivity index (χ0) is 29.3. The largest absolute Gasteiger partial charge is 0.419 e. The van der Waals surface area contributed by atoms with Gasteiger partial charge in [-0.25, -0.2) is 17.2 Å². The van der Waals surface area contributed by atoms with Crippen LogP contribution in [0.5, 0.6) is 0 Å². The van der Waals surface area contributed by atoms with Gasteiger partial charge in [0.05, 0.1) is 27.0 Å². The van der Waals surface area contributed by atoms with Gasteiger partial charge in [0.25, 0.3) is 5.91 Å². The molecule has 0 saturated carbocycles. The standard InChI is InChI=1S/C25H28Cl2F5N3O3S/c1-34(14-15-3-6-21(28)18(11-15)25(30,31)32)23(36)24(29,16-4-5-19(26)20(27)12-16)8-10-35-9-7-17(13-22(35)33)39(2,37)38/h3-6,11-12,17,22H,7-10,13-14,33H2,1-2H3. The maximum absolute atomic E-state index is 16.8. The molecule has 1 aliphatic rings. The van der Waals surface area contributed by atoms with Crippen molar-refractivity contribution in [1.29, 1.82) is 0 Å². The molecule has 2 aromatic carbocycles. The first-order valence-corrected chi connectivity index (χ1v) is 14.6. The summed E-state index contributed by atoms with van der Waals surface area (Å²) >= 11 is 12.1. The van der Waals surface area contributed by atoms with Gasteiger partial charge in [0.15, 0.2) is 0 Å². The number of hydrogen-bond donors (Lipinski definition) is 1. The highest BCUT2D eigenvalue weighted by Gasteiger charge is 2.44. The van der Waals surface area contributed by atoms with Crippen LogP contribution in [-0.4, -0.2) is 61.9 Å². The molecule has 1 fully saturated rings. The van der Waals surface area contributed by atoms with Crippen molar-refractivity contribution >= 4 is 38.9 Å². The highest BCUT2D eigenvalue weighted by Crippen LogP contribution is 2.37. The summed E-state index contributed by atoms with van der Waals surface area (Å²) in [4.78, 5) is 16.1. The van der Waals surface area contributed by atoms with Crippen LogP contribution in [0.1, 0.15) is 36.0 Å². The van der Waals surface area contributed by atoms with E-state index in [1.807, 2.05) is 0 Å². The molecule has 6 nitrogen and oxygen atoms in total. The molecule has 216 valence electrons. The molecule has 0 aliphatic carbocycles. The van der Waals surface area contributed by atoms with Crippen LogP contribution in [0.25, 0.3) is 0 Å². The lowest BCUT2D eigenvalue weighted by Gasteiger charge is -2.38. The Kier molecular flexibility index (Phi) is 9.59. The molecule has 0 radical (unpaired) electrons. The van der Waals surface area contributed by atoms with E-state index in [0.29, 0.717) is 18.6 Å². The van der Waals surface area contributed by atoms with Gasteiger partial charge in [-0.05, 0) is 42.7 Å². The Bertz CT molecular complexity index is 1330. The molecule has 1 heterocycles. The SMILES string of the molecule is CN(Cc1ccc(F)c(C(F)(F)F)c1)C(=O)C(F)(CCN1CCC(S(C)(=O)=O)CC1N)c1ccc(Cl)c(Cl)c1. The van der Waals surface area contributed by atoms with Crippen LogP contribution in [0.3, 0.4) is 0 Å². The minimum Gasteiger partial charge on any atom is -0.338 e. The van der Waals surface area contributed by atoms with E-state index >= 15 is 4.39 Å². The summed E-state index contributed by atoms with van der Waals surface area (Å²) in [6.45, 7) is -0.201. The van der Waals surface area contributed by atoms with Crippen LogP contribution in [0.2, 0.25) is 10.0 Å². The Morgan fingerprint density at radius 3 is 2.36 bits per heavy atom. The maximum Gasteiger partial charge on any atom is 0.419 e. The first-order chi connectivity index (χ1) is 17.9. The topological polar surface area (TPSA) is 83.7 Å². The second kappa shape index (κ2) is 11.9. The third-order valence-electron chi connectivity index (χ3n) is 6.88. The van der Waals surface area contributed by atoms with E-state index in [9.17, 15) is 30.8 Å². The lowest BCUT2D eigenvalue weighted by Crippen LogP contribution is -2.52. The Balaban J connectivity index is 1.86. The van der Waals surface area contributed by atoms with E-state index in [4.69, 9.17) is 28.9 Å². The smallest absolute Gasteiger partial charge is 0.338 e. The quantitative estimate of drug-likeness (QED) is 0.415. The third kappa shape index (κ3) is 7.40. The molecule has 39 heavy (non-hydrogen) atoms. The fraction of sp³-hybridized carbons (Fsp3) is 0.480. The third-order valence-corrected chi connectivity index (χ3v) is 9.26. The normalized spacial score (nSPS) is 20.5. The van der Waals surface area contributed by atoms with Crippen molar-refractivity contribution in [2.24, 2.45) is 5.73 Å². The van der Waals surface area contributed by atoms with Gasteiger partial charge < -0.3 is 10.6 Å². The number of sulfone groups is 1. The van der Waals surface area contributed by atoms with Gasteiger partial charge in [-0.1, -0.05) is 35.3 Å². The molecule has 2 N–H and O–H groups in total. The molecule has 0 aromatic heterocycles. The van der Waals surface area contributed by atoms with Crippen molar-refractivity contribution in [3.8, 4) is 0 Å². The van der Waals surface area contributed by atoms with Gasteiger partial charge in [-0.3, -0.25) is 9.69 Å². The van der Waals surface area contributed by atoms with Crippen LogP contribution in [0.15, 0.2) is 36.4 Å². The monoisotopic (exact) mass is 615 g/mol. The number of rotatable bonds is 8. The lowest BCUT2D eigenvalue weighted by atomic mass is 9.89. The van der Waals surface area contributed by atoms with E-state index in [1.54, 1.807) is 4.90 Å². The van der Waals surface area contributed by atoms with Gasteiger partial charge in [-0.2, -0.15) is 13.2 Å². The number of nitrogens with two attached hydrogens (primary N) is 1. The minimum atomic E-state index is -4.95. The zero-order valence-electron chi connectivity index (χ0n) is 21.1. The first kappa shape index (κ1) is 31.5. The van der Waals surface area contributed by atoms with Crippen LogP contribution < -0.4 is 5.73 Å². The average molecular weight is 616 g/mol.